The third-order valence-corrected chi connectivity index (χ3v) is 3.41. The number of benzene rings is 1. The summed E-state index contributed by atoms with van der Waals surface area (Å²) in [6.07, 6.45) is 2.04. The fourth-order valence-corrected chi connectivity index (χ4v) is 2.07. The first-order valence-electron chi connectivity index (χ1n) is 6.63. The Balaban J connectivity index is 2.71. The second-order valence-electron chi connectivity index (χ2n) is 5.24. The summed E-state index contributed by atoms with van der Waals surface area (Å²) >= 11 is 0. The highest BCUT2D eigenvalue weighted by atomic mass is 16.5. The third kappa shape index (κ3) is 4.31. The van der Waals surface area contributed by atoms with Crippen LogP contribution in [0.15, 0.2) is 24.3 Å². The van der Waals surface area contributed by atoms with E-state index in [1.165, 1.54) is 5.56 Å². The standard InChI is InChI=1S/C15H26N2O/c1-5-12(2)17-15(3,11-16)10-13-6-8-14(18-4)9-7-13/h6-9,12,17H,5,10-11,16H2,1-4H3. The minimum Gasteiger partial charge on any atom is -0.497 e. The van der Waals surface area contributed by atoms with Crippen molar-refractivity contribution in [2.24, 2.45) is 5.73 Å². The number of nitrogens with one attached hydrogen (secondary N) is 1. The van der Waals surface area contributed by atoms with Crippen molar-refractivity contribution in [1.82, 2.24) is 5.32 Å². The van der Waals surface area contributed by atoms with Crippen molar-refractivity contribution in [3.63, 3.8) is 0 Å². The summed E-state index contributed by atoms with van der Waals surface area (Å²) in [7, 11) is 1.68. The fraction of sp³-hybridized carbons (Fsp3) is 0.600. The zero-order valence-corrected chi connectivity index (χ0v) is 12.0. The summed E-state index contributed by atoms with van der Waals surface area (Å²) in [6.45, 7) is 7.19. The maximum atomic E-state index is 5.93. The highest BCUT2D eigenvalue weighted by Gasteiger charge is 2.24. The molecule has 0 bridgehead atoms. The van der Waals surface area contributed by atoms with E-state index in [4.69, 9.17) is 10.5 Å². The Morgan fingerprint density at radius 1 is 1.33 bits per heavy atom. The molecular weight excluding hydrogens is 224 g/mol. The Morgan fingerprint density at radius 2 is 1.94 bits per heavy atom. The Kier molecular flexibility index (Phi) is 5.63. The maximum absolute atomic E-state index is 5.93. The average Bonchev–Trinajstić information content (AvgIpc) is 2.39. The molecule has 18 heavy (non-hydrogen) atoms. The van der Waals surface area contributed by atoms with Crippen molar-refractivity contribution in [2.45, 2.75) is 45.2 Å². The van der Waals surface area contributed by atoms with Crippen LogP contribution in [0, 0.1) is 0 Å². The van der Waals surface area contributed by atoms with Crippen LogP contribution in [-0.2, 0) is 6.42 Å². The molecule has 1 rings (SSSR count). The molecule has 0 radical (unpaired) electrons. The van der Waals surface area contributed by atoms with Crippen LogP contribution in [0.5, 0.6) is 5.75 Å². The smallest absolute Gasteiger partial charge is 0.118 e. The van der Waals surface area contributed by atoms with Crippen LogP contribution < -0.4 is 15.8 Å². The van der Waals surface area contributed by atoms with Crippen LogP contribution in [0.3, 0.4) is 0 Å². The second-order valence-corrected chi connectivity index (χ2v) is 5.24. The van der Waals surface area contributed by atoms with E-state index < -0.39 is 0 Å². The molecular formula is C15H26N2O. The number of ether oxygens (including phenoxy) is 1. The van der Waals surface area contributed by atoms with Gasteiger partial charge in [-0.25, -0.2) is 0 Å². The van der Waals surface area contributed by atoms with Crippen LogP contribution in [-0.4, -0.2) is 25.2 Å². The van der Waals surface area contributed by atoms with Gasteiger partial charge in [-0.15, -0.1) is 0 Å². The topological polar surface area (TPSA) is 47.3 Å². The van der Waals surface area contributed by atoms with Crippen molar-refractivity contribution in [3.05, 3.63) is 29.8 Å². The summed E-state index contributed by atoms with van der Waals surface area (Å²) in [6, 6.07) is 8.68. The first kappa shape index (κ1) is 15.0. The lowest BCUT2D eigenvalue weighted by atomic mass is 9.91. The van der Waals surface area contributed by atoms with E-state index in [9.17, 15) is 0 Å². The second kappa shape index (κ2) is 6.76. The molecule has 0 amide bonds. The van der Waals surface area contributed by atoms with Gasteiger partial charge < -0.3 is 15.8 Å². The lowest BCUT2D eigenvalue weighted by Gasteiger charge is -2.33. The number of hydrogen-bond donors (Lipinski definition) is 2. The molecule has 1 aromatic carbocycles. The van der Waals surface area contributed by atoms with E-state index in [1.54, 1.807) is 7.11 Å². The van der Waals surface area contributed by atoms with Crippen LogP contribution in [0.25, 0.3) is 0 Å². The van der Waals surface area contributed by atoms with Crippen molar-refractivity contribution >= 4 is 0 Å². The van der Waals surface area contributed by atoms with E-state index in [1.807, 2.05) is 12.1 Å². The summed E-state index contributed by atoms with van der Waals surface area (Å²) in [5.74, 6) is 0.892. The van der Waals surface area contributed by atoms with Crippen LogP contribution in [0.4, 0.5) is 0 Å². The van der Waals surface area contributed by atoms with Crippen molar-refractivity contribution < 1.29 is 4.74 Å². The van der Waals surface area contributed by atoms with E-state index >= 15 is 0 Å². The Hall–Kier alpha value is -1.06. The number of rotatable bonds is 7. The number of methoxy groups -OCH3 is 1. The van der Waals surface area contributed by atoms with Gasteiger partial charge in [-0.3, -0.25) is 0 Å². The van der Waals surface area contributed by atoms with Gasteiger partial charge in [0, 0.05) is 18.1 Å². The molecule has 3 heteroatoms. The van der Waals surface area contributed by atoms with E-state index in [0.29, 0.717) is 12.6 Å². The highest BCUT2D eigenvalue weighted by molar-refractivity contribution is 5.28. The number of nitrogens with two attached hydrogens (primary N) is 1. The van der Waals surface area contributed by atoms with Gasteiger partial charge in [-0.05, 0) is 44.4 Å². The van der Waals surface area contributed by atoms with Gasteiger partial charge in [0.1, 0.15) is 5.75 Å². The van der Waals surface area contributed by atoms with Gasteiger partial charge in [0.25, 0.3) is 0 Å². The molecule has 0 aliphatic heterocycles. The largest absolute Gasteiger partial charge is 0.497 e. The molecule has 0 spiro atoms. The first-order valence-corrected chi connectivity index (χ1v) is 6.63. The zero-order valence-electron chi connectivity index (χ0n) is 12.0. The monoisotopic (exact) mass is 250 g/mol. The SMILES string of the molecule is CCC(C)NC(C)(CN)Cc1ccc(OC)cc1. The quantitative estimate of drug-likeness (QED) is 0.781. The van der Waals surface area contributed by atoms with Crippen molar-refractivity contribution in [3.8, 4) is 5.75 Å². The van der Waals surface area contributed by atoms with Gasteiger partial charge in [-0.2, -0.15) is 0 Å². The summed E-state index contributed by atoms with van der Waals surface area (Å²) < 4.78 is 5.17. The fourth-order valence-electron chi connectivity index (χ4n) is 2.07. The summed E-state index contributed by atoms with van der Waals surface area (Å²) in [5, 5.41) is 3.61. The molecule has 3 N–H and O–H groups in total. The molecule has 0 saturated carbocycles. The van der Waals surface area contributed by atoms with E-state index in [-0.39, 0.29) is 5.54 Å². The predicted molar refractivity (Wildman–Crippen MR) is 77.0 cm³/mol. The molecule has 3 nitrogen and oxygen atoms in total. The molecule has 0 heterocycles. The lowest BCUT2D eigenvalue weighted by Crippen LogP contribution is -2.53. The molecule has 0 aliphatic rings. The van der Waals surface area contributed by atoms with Crippen LogP contribution in [0.2, 0.25) is 0 Å². The Labute approximate surface area is 111 Å². The van der Waals surface area contributed by atoms with Gasteiger partial charge in [0.05, 0.1) is 7.11 Å². The molecule has 0 fully saturated rings. The summed E-state index contributed by atoms with van der Waals surface area (Å²) in [4.78, 5) is 0. The first-order chi connectivity index (χ1) is 8.53. The van der Waals surface area contributed by atoms with Gasteiger partial charge in [-0.1, -0.05) is 19.1 Å². The average molecular weight is 250 g/mol. The minimum absolute atomic E-state index is 0.0516. The van der Waals surface area contributed by atoms with Crippen LogP contribution in [0.1, 0.15) is 32.8 Å². The van der Waals surface area contributed by atoms with E-state index in [0.717, 1.165) is 18.6 Å². The molecule has 2 unspecified atom stereocenters. The number of hydrogen-bond acceptors (Lipinski definition) is 3. The molecule has 0 aromatic heterocycles. The molecule has 102 valence electrons. The molecule has 1 aromatic rings. The lowest BCUT2D eigenvalue weighted by molar-refractivity contribution is 0.317. The van der Waals surface area contributed by atoms with Crippen molar-refractivity contribution in [1.29, 1.82) is 0 Å². The van der Waals surface area contributed by atoms with Crippen molar-refractivity contribution in [2.75, 3.05) is 13.7 Å². The predicted octanol–water partition coefficient (Wildman–Crippen LogP) is 2.34. The van der Waals surface area contributed by atoms with Crippen LogP contribution >= 0.6 is 0 Å². The zero-order chi connectivity index (χ0) is 13.6. The van der Waals surface area contributed by atoms with Gasteiger partial charge in [0.2, 0.25) is 0 Å². The molecule has 0 aliphatic carbocycles. The normalized spacial score (nSPS) is 16.1. The Bertz CT molecular complexity index is 350. The Morgan fingerprint density at radius 3 is 2.39 bits per heavy atom. The third-order valence-electron chi connectivity index (χ3n) is 3.41. The summed E-state index contributed by atoms with van der Waals surface area (Å²) in [5.41, 5.74) is 7.15. The maximum Gasteiger partial charge on any atom is 0.118 e. The minimum atomic E-state index is -0.0516. The molecule has 0 saturated heterocycles. The molecule has 2 atom stereocenters. The van der Waals surface area contributed by atoms with Gasteiger partial charge >= 0.3 is 0 Å². The van der Waals surface area contributed by atoms with Gasteiger partial charge in [0.15, 0.2) is 0 Å². The highest BCUT2D eigenvalue weighted by Crippen LogP contribution is 2.17. The van der Waals surface area contributed by atoms with E-state index in [2.05, 4.69) is 38.2 Å².